The molecule has 4 aromatic rings. The second-order valence-electron chi connectivity index (χ2n) is 8.08. The van der Waals surface area contributed by atoms with Crippen molar-refractivity contribution >= 4 is 16.6 Å². The highest BCUT2D eigenvalue weighted by Crippen LogP contribution is 2.37. The van der Waals surface area contributed by atoms with Gasteiger partial charge in [-0.05, 0) is 29.9 Å². The lowest BCUT2D eigenvalue weighted by atomic mass is 9.78. The third-order valence-electron chi connectivity index (χ3n) is 6.53. The summed E-state index contributed by atoms with van der Waals surface area (Å²) in [4.78, 5) is 17.9. The van der Waals surface area contributed by atoms with Gasteiger partial charge in [0.05, 0.1) is 17.1 Å². The monoisotopic (exact) mass is 372 g/mol. The molecule has 3 atom stereocenters. The summed E-state index contributed by atoms with van der Waals surface area (Å²) in [6, 6.07) is 12.4. The highest BCUT2D eigenvalue weighted by molar-refractivity contribution is 5.84. The molecule has 0 unspecified atom stereocenters. The van der Waals surface area contributed by atoms with Gasteiger partial charge < -0.3 is 4.57 Å². The van der Waals surface area contributed by atoms with E-state index in [1.807, 2.05) is 53.4 Å². The van der Waals surface area contributed by atoms with E-state index in [2.05, 4.69) is 23.9 Å². The van der Waals surface area contributed by atoms with E-state index < -0.39 is 0 Å². The van der Waals surface area contributed by atoms with Crippen LogP contribution in [-0.2, 0) is 0 Å². The molecule has 0 saturated heterocycles. The maximum atomic E-state index is 13.3. The first-order valence-corrected chi connectivity index (χ1v) is 10.1. The predicted octanol–water partition coefficient (Wildman–Crippen LogP) is 4.71. The Balaban J connectivity index is 1.67. The van der Waals surface area contributed by atoms with E-state index in [9.17, 15) is 4.79 Å². The molecule has 3 heterocycles. The number of benzene rings is 1. The van der Waals surface area contributed by atoms with Crippen LogP contribution in [0, 0.1) is 11.8 Å². The largest absolute Gasteiger partial charge is 0.311 e. The zero-order chi connectivity index (χ0) is 19.3. The molecule has 1 saturated carbocycles. The minimum atomic E-state index is 0.0367. The average Bonchev–Trinajstić information content (AvgIpc) is 3.16. The number of hydrogen-bond acceptors (Lipinski definition) is 3. The molecular formula is C23H24N4O. The molecule has 0 N–H and O–H groups in total. The highest BCUT2D eigenvalue weighted by atomic mass is 16.1. The van der Waals surface area contributed by atoms with Crippen molar-refractivity contribution in [2.24, 2.45) is 11.8 Å². The van der Waals surface area contributed by atoms with E-state index in [-0.39, 0.29) is 11.6 Å². The van der Waals surface area contributed by atoms with Crippen molar-refractivity contribution in [3.63, 3.8) is 0 Å². The molecule has 1 aliphatic carbocycles. The van der Waals surface area contributed by atoms with Gasteiger partial charge in [-0.3, -0.25) is 4.79 Å². The van der Waals surface area contributed by atoms with Crippen molar-refractivity contribution < 1.29 is 0 Å². The number of hydrogen-bond donors (Lipinski definition) is 0. The van der Waals surface area contributed by atoms with E-state index in [0.717, 1.165) is 28.7 Å². The van der Waals surface area contributed by atoms with Gasteiger partial charge in [0.1, 0.15) is 0 Å². The van der Waals surface area contributed by atoms with Gasteiger partial charge >= 0.3 is 0 Å². The van der Waals surface area contributed by atoms with Gasteiger partial charge in [0, 0.05) is 24.0 Å². The van der Waals surface area contributed by atoms with Crippen molar-refractivity contribution in [1.82, 2.24) is 19.2 Å². The standard InChI is InChI=1S/C23H24N4O/c1-15-7-6-10-20(16(15)2)26-12-11-21-19(23(26)28)13-24-22-18(14-25-27(21)22)17-8-4-3-5-9-17/h3-5,8-9,11-16,20H,6-7,10H2,1-2H3/t15-,16+,20+/m0/s1. The molecule has 1 aliphatic rings. The summed E-state index contributed by atoms with van der Waals surface area (Å²) in [5, 5.41) is 5.17. The third kappa shape index (κ3) is 2.57. The second kappa shape index (κ2) is 6.59. The molecule has 5 rings (SSSR count). The van der Waals surface area contributed by atoms with Crippen LogP contribution < -0.4 is 5.56 Å². The van der Waals surface area contributed by atoms with Crippen molar-refractivity contribution in [2.45, 2.75) is 39.2 Å². The van der Waals surface area contributed by atoms with Crippen molar-refractivity contribution in [3.8, 4) is 11.1 Å². The maximum Gasteiger partial charge on any atom is 0.261 e. The first-order chi connectivity index (χ1) is 13.6. The van der Waals surface area contributed by atoms with Crippen LogP contribution in [0.25, 0.3) is 27.7 Å². The fraction of sp³-hybridized carbons (Fsp3) is 0.348. The van der Waals surface area contributed by atoms with E-state index in [1.54, 1.807) is 10.7 Å². The zero-order valence-electron chi connectivity index (χ0n) is 16.2. The topological polar surface area (TPSA) is 52.2 Å². The van der Waals surface area contributed by atoms with Crippen LogP contribution in [0.2, 0.25) is 0 Å². The van der Waals surface area contributed by atoms with Crippen LogP contribution in [-0.4, -0.2) is 19.2 Å². The fourth-order valence-corrected chi connectivity index (χ4v) is 4.66. The first kappa shape index (κ1) is 17.2. The SMILES string of the molecule is C[C@H]1[C@H](n2ccc3c(cnc4c(-c5ccccc5)cnn43)c2=O)CCC[C@@H]1C. The maximum absolute atomic E-state index is 13.3. The summed E-state index contributed by atoms with van der Waals surface area (Å²) in [5.41, 5.74) is 3.67. The summed E-state index contributed by atoms with van der Waals surface area (Å²) >= 11 is 0. The zero-order valence-corrected chi connectivity index (χ0v) is 16.2. The van der Waals surface area contributed by atoms with Crippen molar-refractivity contribution in [3.05, 3.63) is 65.3 Å². The molecule has 142 valence electrons. The smallest absolute Gasteiger partial charge is 0.261 e. The number of rotatable bonds is 2. The summed E-state index contributed by atoms with van der Waals surface area (Å²) < 4.78 is 3.72. The van der Waals surface area contributed by atoms with Crippen LogP contribution in [0.3, 0.4) is 0 Å². The normalized spacial score (nSPS) is 22.7. The van der Waals surface area contributed by atoms with Crippen LogP contribution in [0.15, 0.2) is 59.8 Å². The lowest BCUT2D eigenvalue weighted by Gasteiger charge is -2.35. The Morgan fingerprint density at radius 3 is 2.68 bits per heavy atom. The number of nitrogens with zero attached hydrogens (tertiary/aromatic N) is 4. The molecule has 0 spiro atoms. The molecule has 5 heteroatoms. The Bertz CT molecular complexity index is 1210. The van der Waals surface area contributed by atoms with E-state index >= 15 is 0 Å². The minimum absolute atomic E-state index is 0.0367. The van der Waals surface area contributed by atoms with Gasteiger partial charge in [-0.15, -0.1) is 0 Å². The molecule has 0 bridgehead atoms. The van der Waals surface area contributed by atoms with Gasteiger partial charge in [0.25, 0.3) is 5.56 Å². The fourth-order valence-electron chi connectivity index (χ4n) is 4.66. The third-order valence-corrected chi connectivity index (χ3v) is 6.53. The minimum Gasteiger partial charge on any atom is -0.311 e. The first-order valence-electron chi connectivity index (χ1n) is 10.1. The van der Waals surface area contributed by atoms with Crippen LogP contribution in [0.1, 0.15) is 39.2 Å². The van der Waals surface area contributed by atoms with Gasteiger partial charge in [0.2, 0.25) is 0 Å². The summed E-state index contributed by atoms with van der Waals surface area (Å²) in [5.74, 6) is 1.14. The van der Waals surface area contributed by atoms with Gasteiger partial charge in [-0.1, -0.05) is 57.0 Å². The van der Waals surface area contributed by atoms with E-state index in [1.165, 1.54) is 12.8 Å². The molecule has 0 radical (unpaired) electrons. The molecule has 1 fully saturated rings. The second-order valence-corrected chi connectivity index (χ2v) is 8.08. The summed E-state index contributed by atoms with van der Waals surface area (Å²) in [6.45, 7) is 4.56. The van der Waals surface area contributed by atoms with E-state index in [4.69, 9.17) is 0 Å². The lowest BCUT2D eigenvalue weighted by molar-refractivity contribution is 0.183. The quantitative estimate of drug-likeness (QED) is 0.512. The van der Waals surface area contributed by atoms with Crippen LogP contribution >= 0.6 is 0 Å². The number of aromatic nitrogens is 4. The molecule has 1 aromatic carbocycles. The van der Waals surface area contributed by atoms with E-state index in [0.29, 0.717) is 17.2 Å². The highest BCUT2D eigenvalue weighted by Gasteiger charge is 2.29. The lowest BCUT2D eigenvalue weighted by Crippen LogP contribution is -2.33. The molecule has 28 heavy (non-hydrogen) atoms. The molecule has 5 nitrogen and oxygen atoms in total. The van der Waals surface area contributed by atoms with Crippen LogP contribution in [0.5, 0.6) is 0 Å². The predicted molar refractivity (Wildman–Crippen MR) is 111 cm³/mol. The van der Waals surface area contributed by atoms with Crippen LogP contribution in [0.4, 0.5) is 0 Å². The molecular weight excluding hydrogens is 348 g/mol. The summed E-state index contributed by atoms with van der Waals surface area (Å²) in [6.07, 6.45) is 8.98. The number of fused-ring (bicyclic) bond motifs is 3. The Morgan fingerprint density at radius 1 is 1.04 bits per heavy atom. The van der Waals surface area contributed by atoms with Crippen molar-refractivity contribution in [1.29, 1.82) is 0 Å². The number of pyridine rings is 1. The Hall–Kier alpha value is -2.95. The summed E-state index contributed by atoms with van der Waals surface area (Å²) in [7, 11) is 0. The molecule has 0 amide bonds. The average molecular weight is 372 g/mol. The van der Waals surface area contributed by atoms with Gasteiger partial charge in [-0.25, -0.2) is 9.50 Å². The molecule has 3 aromatic heterocycles. The van der Waals surface area contributed by atoms with Gasteiger partial charge in [-0.2, -0.15) is 5.10 Å². The Labute approximate surface area is 163 Å². The van der Waals surface area contributed by atoms with Gasteiger partial charge in [0.15, 0.2) is 5.65 Å². The molecule has 0 aliphatic heterocycles. The Kier molecular flexibility index (Phi) is 4.04. The Morgan fingerprint density at radius 2 is 1.86 bits per heavy atom. The van der Waals surface area contributed by atoms with Crippen molar-refractivity contribution in [2.75, 3.05) is 0 Å².